The third-order valence-electron chi connectivity index (χ3n) is 2.44. The first kappa shape index (κ1) is 10.5. The molecule has 2 aromatic rings. The molecule has 1 amide bonds. The van der Waals surface area contributed by atoms with Gasteiger partial charge in [0.15, 0.2) is 0 Å². The lowest BCUT2D eigenvalue weighted by atomic mass is 10.0. The van der Waals surface area contributed by atoms with Crippen LogP contribution < -0.4 is 10.5 Å². The van der Waals surface area contributed by atoms with Crippen LogP contribution in [-0.2, 0) is 0 Å². The van der Waals surface area contributed by atoms with Gasteiger partial charge < -0.3 is 10.5 Å². The van der Waals surface area contributed by atoms with Crippen molar-refractivity contribution in [1.82, 2.24) is 0 Å². The van der Waals surface area contributed by atoms with E-state index in [1.165, 1.54) is 0 Å². The van der Waals surface area contributed by atoms with Gasteiger partial charge in [0.2, 0.25) is 0 Å². The summed E-state index contributed by atoms with van der Waals surface area (Å²) in [6.07, 6.45) is 0. The fourth-order valence-electron chi connectivity index (χ4n) is 1.78. The Bertz CT molecular complexity index is 534. The molecule has 2 N–H and O–H groups in total. The van der Waals surface area contributed by atoms with Crippen LogP contribution in [0.1, 0.15) is 17.3 Å². The Morgan fingerprint density at radius 2 is 2.00 bits per heavy atom. The minimum absolute atomic E-state index is 0.458. The summed E-state index contributed by atoms with van der Waals surface area (Å²) in [7, 11) is 0. The summed E-state index contributed by atoms with van der Waals surface area (Å²) in [5.74, 6) is 0.0916. The van der Waals surface area contributed by atoms with E-state index in [9.17, 15) is 4.79 Å². The molecule has 0 spiro atoms. The van der Waals surface area contributed by atoms with E-state index in [-0.39, 0.29) is 0 Å². The molecule has 0 atom stereocenters. The van der Waals surface area contributed by atoms with E-state index in [1.54, 1.807) is 6.07 Å². The van der Waals surface area contributed by atoms with Crippen molar-refractivity contribution in [2.75, 3.05) is 6.61 Å². The number of carbonyl (C=O) groups excluding carboxylic acids is 1. The van der Waals surface area contributed by atoms with Crippen molar-refractivity contribution in [1.29, 1.82) is 0 Å². The highest BCUT2D eigenvalue weighted by Crippen LogP contribution is 2.27. The zero-order valence-electron chi connectivity index (χ0n) is 9.07. The minimum Gasteiger partial charge on any atom is -0.493 e. The maximum Gasteiger partial charge on any atom is 0.253 e. The SMILES string of the molecule is CCOc1ccc2ccccc2c1C(N)=O. The molecular weight excluding hydrogens is 202 g/mol. The standard InChI is InChI=1S/C13H13NO2/c1-2-16-11-8-7-9-5-3-4-6-10(9)12(11)13(14)15/h3-8H,2H2,1H3,(H2,14,15). The first-order valence-electron chi connectivity index (χ1n) is 5.18. The highest BCUT2D eigenvalue weighted by molar-refractivity contribution is 6.08. The van der Waals surface area contributed by atoms with Crippen LogP contribution in [0.2, 0.25) is 0 Å². The molecule has 0 fully saturated rings. The number of rotatable bonds is 3. The molecule has 0 aliphatic rings. The van der Waals surface area contributed by atoms with Crippen LogP contribution in [0.3, 0.4) is 0 Å². The largest absolute Gasteiger partial charge is 0.493 e. The average molecular weight is 215 g/mol. The Balaban J connectivity index is 2.73. The topological polar surface area (TPSA) is 52.3 Å². The predicted octanol–water partition coefficient (Wildman–Crippen LogP) is 2.34. The van der Waals surface area contributed by atoms with Gasteiger partial charge in [-0.15, -0.1) is 0 Å². The van der Waals surface area contributed by atoms with E-state index in [0.717, 1.165) is 10.8 Å². The van der Waals surface area contributed by atoms with Crippen molar-refractivity contribution in [2.24, 2.45) is 5.73 Å². The molecule has 3 nitrogen and oxygen atoms in total. The van der Waals surface area contributed by atoms with Crippen molar-refractivity contribution >= 4 is 16.7 Å². The van der Waals surface area contributed by atoms with Crippen molar-refractivity contribution in [3.63, 3.8) is 0 Å². The summed E-state index contributed by atoms with van der Waals surface area (Å²) < 4.78 is 5.41. The van der Waals surface area contributed by atoms with Gasteiger partial charge in [-0.05, 0) is 23.8 Å². The van der Waals surface area contributed by atoms with Crippen LogP contribution in [0.4, 0.5) is 0 Å². The fourth-order valence-corrected chi connectivity index (χ4v) is 1.78. The summed E-state index contributed by atoms with van der Waals surface area (Å²) in [6.45, 7) is 2.39. The number of benzene rings is 2. The van der Waals surface area contributed by atoms with Crippen molar-refractivity contribution in [2.45, 2.75) is 6.92 Å². The molecule has 0 heterocycles. The molecule has 0 aliphatic carbocycles. The number of ether oxygens (including phenoxy) is 1. The normalized spacial score (nSPS) is 10.3. The predicted molar refractivity (Wildman–Crippen MR) is 63.6 cm³/mol. The third-order valence-corrected chi connectivity index (χ3v) is 2.44. The van der Waals surface area contributed by atoms with Gasteiger partial charge in [-0.25, -0.2) is 0 Å². The first-order valence-corrected chi connectivity index (χ1v) is 5.18. The van der Waals surface area contributed by atoms with Crippen LogP contribution in [0.25, 0.3) is 10.8 Å². The molecule has 2 rings (SSSR count). The Morgan fingerprint density at radius 3 is 2.69 bits per heavy atom. The van der Waals surface area contributed by atoms with E-state index in [1.807, 2.05) is 37.3 Å². The van der Waals surface area contributed by atoms with E-state index in [2.05, 4.69) is 0 Å². The maximum atomic E-state index is 11.5. The lowest BCUT2D eigenvalue weighted by Gasteiger charge is -2.10. The summed E-state index contributed by atoms with van der Waals surface area (Å²) in [4.78, 5) is 11.5. The van der Waals surface area contributed by atoms with Gasteiger partial charge in [-0.1, -0.05) is 30.3 Å². The summed E-state index contributed by atoms with van der Waals surface area (Å²) in [6, 6.07) is 11.3. The molecule has 0 bridgehead atoms. The van der Waals surface area contributed by atoms with Crippen LogP contribution in [0.15, 0.2) is 36.4 Å². The molecular formula is C13H13NO2. The van der Waals surface area contributed by atoms with E-state index in [0.29, 0.717) is 17.9 Å². The Kier molecular flexibility index (Phi) is 2.77. The van der Waals surface area contributed by atoms with Gasteiger partial charge in [0.05, 0.1) is 12.2 Å². The number of primary amides is 1. The second-order valence-corrected chi connectivity index (χ2v) is 3.46. The lowest BCUT2D eigenvalue weighted by Crippen LogP contribution is -2.13. The highest BCUT2D eigenvalue weighted by atomic mass is 16.5. The van der Waals surface area contributed by atoms with Gasteiger partial charge in [0.25, 0.3) is 5.91 Å². The van der Waals surface area contributed by atoms with Crippen molar-refractivity contribution in [3.8, 4) is 5.75 Å². The van der Waals surface area contributed by atoms with Crippen molar-refractivity contribution < 1.29 is 9.53 Å². The maximum absolute atomic E-state index is 11.5. The van der Waals surface area contributed by atoms with E-state index >= 15 is 0 Å². The zero-order valence-corrected chi connectivity index (χ0v) is 9.07. The smallest absolute Gasteiger partial charge is 0.253 e. The first-order chi connectivity index (χ1) is 7.74. The minimum atomic E-state index is -0.458. The van der Waals surface area contributed by atoms with E-state index < -0.39 is 5.91 Å². The van der Waals surface area contributed by atoms with E-state index in [4.69, 9.17) is 10.5 Å². The molecule has 3 heteroatoms. The molecule has 0 unspecified atom stereocenters. The lowest BCUT2D eigenvalue weighted by molar-refractivity contribution is 0.0998. The van der Waals surface area contributed by atoms with Gasteiger partial charge in [0.1, 0.15) is 5.75 Å². The molecule has 0 aliphatic heterocycles. The summed E-state index contributed by atoms with van der Waals surface area (Å²) in [5.41, 5.74) is 5.85. The molecule has 0 saturated carbocycles. The third kappa shape index (κ3) is 1.72. The molecule has 0 saturated heterocycles. The quantitative estimate of drug-likeness (QED) is 0.854. The second kappa shape index (κ2) is 4.23. The number of fused-ring (bicyclic) bond motifs is 1. The fraction of sp³-hybridized carbons (Fsp3) is 0.154. The van der Waals surface area contributed by atoms with Gasteiger partial charge in [0, 0.05) is 0 Å². The Hall–Kier alpha value is -2.03. The summed E-state index contributed by atoms with van der Waals surface area (Å²) >= 11 is 0. The number of hydrogen-bond donors (Lipinski definition) is 1. The molecule has 2 aromatic carbocycles. The van der Waals surface area contributed by atoms with Gasteiger partial charge in [-0.3, -0.25) is 4.79 Å². The molecule has 82 valence electrons. The average Bonchev–Trinajstić information content (AvgIpc) is 2.28. The monoisotopic (exact) mass is 215 g/mol. The highest BCUT2D eigenvalue weighted by Gasteiger charge is 2.13. The number of hydrogen-bond acceptors (Lipinski definition) is 2. The summed E-state index contributed by atoms with van der Waals surface area (Å²) in [5, 5.41) is 1.82. The Labute approximate surface area is 93.8 Å². The van der Waals surface area contributed by atoms with Gasteiger partial charge in [-0.2, -0.15) is 0 Å². The number of nitrogens with two attached hydrogens (primary N) is 1. The molecule has 0 radical (unpaired) electrons. The number of carbonyl (C=O) groups is 1. The van der Waals surface area contributed by atoms with Crippen molar-refractivity contribution in [3.05, 3.63) is 42.0 Å². The van der Waals surface area contributed by atoms with Crippen LogP contribution >= 0.6 is 0 Å². The second-order valence-electron chi connectivity index (χ2n) is 3.46. The molecule has 16 heavy (non-hydrogen) atoms. The van der Waals surface area contributed by atoms with Crippen LogP contribution in [0.5, 0.6) is 5.75 Å². The van der Waals surface area contributed by atoms with Crippen LogP contribution in [0, 0.1) is 0 Å². The van der Waals surface area contributed by atoms with Crippen LogP contribution in [-0.4, -0.2) is 12.5 Å². The van der Waals surface area contributed by atoms with Gasteiger partial charge >= 0.3 is 0 Å². The number of amides is 1. The zero-order chi connectivity index (χ0) is 11.5. The molecule has 0 aromatic heterocycles. The Morgan fingerprint density at radius 1 is 1.25 bits per heavy atom.